The van der Waals surface area contributed by atoms with Crippen LogP contribution in [0.1, 0.15) is 28.4 Å². The summed E-state index contributed by atoms with van der Waals surface area (Å²) in [7, 11) is 0. The zero-order valence-electron chi connectivity index (χ0n) is 19.7. The lowest BCUT2D eigenvalue weighted by molar-refractivity contribution is -0.385. The minimum Gasteiger partial charge on any atom is -0.415 e. The Morgan fingerprint density at radius 3 is 2.32 bits per heavy atom. The summed E-state index contributed by atoms with van der Waals surface area (Å²) in [5, 5.41) is 28.7. The smallest absolute Gasteiger partial charge is 0.336 e. The molecule has 0 radical (unpaired) electrons. The number of hydrazone groups is 1. The number of ether oxygens (including phenoxy) is 1. The molecule has 0 fully saturated rings. The number of hydrogen-bond acceptors (Lipinski definition) is 9. The van der Waals surface area contributed by atoms with Gasteiger partial charge in [0.05, 0.1) is 16.1 Å². The van der Waals surface area contributed by atoms with Crippen molar-refractivity contribution in [3.8, 4) is 5.75 Å². The molecule has 13 nitrogen and oxygen atoms in total. The van der Waals surface area contributed by atoms with Gasteiger partial charge >= 0.3 is 11.7 Å². The van der Waals surface area contributed by atoms with Crippen LogP contribution in [0.3, 0.4) is 0 Å². The van der Waals surface area contributed by atoms with Crippen LogP contribution in [-0.2, 0) is 9.59 Å². The van der Waals surface area contributed by atoms with Gasteiger partial charge in [0.2, 0.25) is 11.7 Å². The number of non-ortho nitro benzene ring substituents is 1. The lowest BCUT2D eigenvalue weighted by atomic mass is 10.2. The standard InChI is InChI=1S/C25H19N5O8/c1-16(31)27-20-11-9-18(10-12-20)25(33)28-26-15-19-5-3-7-22(30(36)37)24(19)38-23(32)13-8-17-4-2-6-21(14-17)29(34)35/h2-15H,1H3,(H,27,31)(H,28,33)/b13-8+,26-15+. The predicted octanol–water partition coefficient (Wildman–Crippen LogP) is 3.84. The fraction of sp³-hybridized carbons (Fsp3) is 0.0400. The van der Waals surface area contributed by atoms with Crippen LogP contribution in [-0.4, -0.2) is 33.8 Å². The number of nitrogens with zero attached hydrogens (tertiary/aromatic N) is 3. The highest BCUT2D eigenvalue weighted by Crippen LogP contribution is 2.30. The number of anilines is 1. The van der Waals surface area contributed by atoms with E-state index in [1.807, 2.05) is 0 Å². The molecule has 0 saturated carbocycles. The second-order valence-corrected chi connectivity index (χ2v) is 7.52. The Balaban J connectivity index is 1.75. The maximum atomic E-state index is 12.4. The number of carbonyl (C=O) groups is 3. The SMILES string of the molecule is CC(=O)Nc1ccc(C(=O)N/N=C/c2cccc([N+](=O)[O-])c2OC(=O)/C=C/c2cccc([N+](=O)[O-])c2)cc1. The van der Waals surface area contributed by atoms with Crippen LogP contribution in [0.4, 0.5) is 17.1 Å². The van der Waals surface area contributed by atoms with Crippen LogP contribution >= 0.6 is 0 Å². The summed E-state index contributed by atoms with van der Waals surface area (Å²) < 4.78 is 5.18. The molecule has 2 N–H and O–H groups in total. The van der Waals surface area contributed by atoms with E-state index in [2.05, 4.69) is 15.8 Å². The van der Waals surface area contributed by atoms with Gasteiger partial charge in [0.25, 0.3) is 11.6 Å². The van der Waals surface area contributed by atoms with Crippen LogP contribution in [0.2, 0.25) is 0 Å². The van der Waals surface area contributed by atoms with Gasteiger partial charge in [-0.1, -0.05) is 18.2 Å². The molecule has 13 heteroatoms. The van der Waals surface area contributed by atoms with E-state index in [0.29, 0.717) is 11.3 Å². The van der Waals surface area contributed by atoms with Crippen molar-refractivity contribution >= 4 is 47.1 Å². The normalized spacial score (nSPS) is 10.8. The van der Waals surface area contributed by atoms with Crippen molar-refractivity contribution in [3.63, 3.8) is 0 Å². The molecule has 0 aliphatic heterocycles. The summed E-state index contributed by atoms with van der Waals surface area (Å²) in [6.45, 7) is 1.35. The largest absolute Gasteiger partial charge is 0.415 e. The molecule has 0 aliphatic carbocycles. The molecule has 0 saturated heterocycles. The van der Waals surface area contributed by atoms with Gasteiger partial charge in [-0.15, -0.1) is 0 Å². The third kappa shape index (κ3) is 7.39. The lowest BCUT2D eigenvalue weighted by Gasteiger charge is -2.07. The van der Waals surface area contributed by atoms with E-state index >= 15 is 0 Å². The quantitative estimate of drug-likeness (QED) is 0.107. The molecular weight excluding hydrogens is 498 g/mol. The van der Waals surface area contributed by atoms with Crippen molar-refractivity contribution in [2.45, 2.75) is 6.92 Å². The average molecular weight is 517 g/mol. The highest BCUT2D eigenvalue weighted by molar-refractivity contribution is 5.97. The number of amides is 2. The Kier molecular flexibility index (Phi) is 8.70. The summed E-state index contributed by atoms with van der Waals surface area (Å²) in [5.74, 6) is -2.26. The molecule has 0 heterocycles. The van der Waals surface area contributed by atoms with Crippen molar-refractivity contribution in [3.05, 3.63) is 110 Å². The van der Waals surface area contributed by atoms with E-state index < -0.39 is 33.2 Å². The molecule has 3 aromatic rings. The molecule has 0 unspecified atom stereocenters. The Hall–Kier alpha value is -5.72. The average Bonchev–Trinajstić information content (AvgIpc) is 2.88. The number of nitro benzene ring substituents is 2. The van der Waals surface area contributed by atoms with E-state index in [4.69, 9.17) is 4.74 Å². The molecular formula is C25H19N5O8. The molecule has 3 rings (SSSR count). The number of hydrogen-bond donors (Lipinski definition) is 2. The van der Waals surface area contributed by atoms with Crippen molar-refractivity contribution in [2.75, 3.05) is 5.32 Å². The fourth-order valence-corrected chi connectivity index (χ4v) is 3.07. The van der Waals surface area contributed by atoms with Crippen LogP contribution in [0.25, 0.3) is 6.08 Å². The zero-order chi connectivity index (χ0) is 27.7. The number of esters is 1. The maximum Gasteiger partial charge on any atom is 0.336 e. The topological polar surface area (TPSA) is 183 Å². The van der Waals surface area contributed by atoms with E-state index in [-0.39, 0.29) is 22.7 Å². The van der Waals surface area contributed by atoms with Gasteiger partial charge in [0.1, 0.15) is 0 Å². The molecule has 192 valence electrons. The number of benzene rings is 3. The van der Waals surface area contributed by atoms with Crippen molar-refractivity contribution in [1.29, 1.82) is 0 Å². The molecule has 0 aromatic heterocycles. The zero-order valence-corrected chi connectivity index (χ0v) is 19.7. The third-order valence-electron chi connectivity index (χ3n) is 4.75. The second-order valence-electron chi connectivity index (χ2n) is 7.52. The Morgan fingerprint density at radius 2 is 1.66 bits per heavy atom. The first-order chi connectivity index (χ1) is 18.1. The van der Waals surface area contributed by atoms with Crippen LogP contribution in [0, 0.1) is 20.2 Å². The van der Waals surface area contributed by atoms with Crippen LogP contribution in [0.15, 0.2) is 77.9 Å². The Morgan fingerprint density at radius 1 is 0.947 bits per heavy atom. The summed E-state index contributed by atoms with van der Waals surface area (Å²) in [5.41, 5.74) is 2.66. The summed E-state index contributed by atoms with van der Waals surface area (Å²) >= 11 is 0. The van der Waals surface area contributed by atoms with Crippen molar-refractivity contribution in [1.82, 2.24) is 5.43 Å². The monoisotopic (exact) mass is 517 g/mol. The van der Waals surface area contributed by atoms with Gasteiger partial charge in [-0.2, -0.15) is 5.10 Å². The molecule has 38 heavy (non-hydrogen) atoms. The van der Waals surface area contributed by atoms with E-state index in [0.717, 1.165) is 18.4 Å². The van der Waals surface area contributed by atoms with Gasteiger partial charge in [0.15, 0.2) is 0 Å². The van der Waals surface area contributed by atoms with Gasteiger partial charge in [0, 0.05) is 48.0 Å². The van der Waals surface area contributed by atoms with Gasteiger partial charge in [-0.05, 0) is 42.0 Å². The molecule has 0 atom stereocenters. The predicted molar refractivity (Wildman–Crippen MR) is 137 cm³/mol. The fourth-order valence-electron chi connectivity index (χ4n) is 3.07. The van der Waals surface area contributed by atoms with Crippen molar-refractivity contribution < 1.29 is 29.0 Å². The van der Waals surface area contributed by atoms with Crippen molar-refractivity contribution in [2.24, 2.45) is 5.10 Å². The summed E-state index contributed by atoms with van der Waals surface area (Å²) in [6, 6.07) is 15.3. The summed E-state index contributed by atoms with van der Waals surface area (Å²) in [6.07, 6.45) is 3.29. The number of carbonyl (C=O) groups excluding carboxylic acids is 3. The highest BCUT2D eigenvalue weighted by Gasteiger charge is 2.20. The number of rotatable bonds is 9. The Labute approximate surface area is 214 Å². The molecule has 0 aliphatic rings. The first-order valence-corrected chi connectivity index (χ1v) is 10.8. The minimum absolute atomic E-state index is 0.0256. The number of nitrogens with one attached hydrogen (secondary N) is 2. The molecule has 2 amide bonds. The molecule has 0 bridgehead atoms. The van der Waals surface area contributed by atoms with E-state index in [1.54, 1.807) is 0 Å². The third-order valence-corrected chi connectivity index (χ3v) is 4.75. The van der Waals surface area contributed by atoms with Gasteiger partial charge in [-0.25, -0.2) is 10.2 Å². The molecule has 3 aromatic carbocycles. The van der Waals surface area contributed by atoms with E-state index in [1.165, 1.54) is 73.7 Å². The van der Waals surface area contributed by atoms with Crippen LogP contribution in [0.5, 0.6) is 5.75 Å². The van der Waals surface area contributed by atoms with Gasteiger partial charge in [-0.3, -0.25) is 29.8 Å². The number of para-hydroxylation sites is 1. The van der Waals surface area contributed by atoms with Crippen LogP contribution < -0.4 is 15.5 Å². The lowest BCUT2D eigenvalue weighted by Crippen LogP contribution is -2.18. The van der Waals surface area contributed by atoms with E-state index in [9.17, 15) is 34.6 Å². The van der Waals surface area contributed by atoms with Gasteiger partial charge < -0.3 is 10.1 Å². The second kappa shape index (κ2) is 12.3. The first kappa shape index (κ1) is 26.9. The summed E-state index contributed by atoms with van der Waals surface area (Å²) in [4.78, 5) is 56.9. The first-order valence-electron chi connectivity index (χ1n) is 10.8. The minimum atomic E-state index is -0.983. The highest BCUT2D eigenvalue weighted by atomic mass is 16.6. The maximum absolute atomic E-state index is 12.4. The molecule has 0 spiro atoms. The number of nitro groups is 2. The Bertz CT molecular complexity index is 1460.